The van der Waals surface area contributed by atoms with Crippen LogP contribution in [0.5, 0.6) is 11.5 Å². The molecule has 0 spiro atoms. The molecular formula is C21H21N3O3. The average Bonchev–Trinajstić information content (AvgIpc) is 2.69. The number of ether oxygens (including phenoxy) is 2. The quantitative estimate of drug-likeness (QED) is 0.751. The lowest BCUT2D eigenvalue weighted by Gasteiger charge is -2.23. The maximum Gasteiger partial charge on any atom is 0.264 e. The summed E-state index contributed by atoms with van der Waals surface area (Å²) < 4.78 is 10.8. The second kappa shape index (κ2) is 9.26. The Kier molecular flexibility index (Phi) is 6.79. The van der Waals surface area contributed by atoms with Gasteiger partial charge in [-0.2, -0.15) is 10.5 Å². The van der Waals surface area contributed by atoms with E-state index in [1.165, 1.54) is 7.11 Å². The number of methoxy groups -OCH3 is 1. The molecule has 1 amide bonds. The highest BCUT2D eigenvalue weighted by molar-refractivity contribution is 5.94. The van der Waals surface area contributed by atoms with Gasteiger partial charge in [0.1, 0.15) is 0 Å². The SMILES string of the molecule is COc1cc(C#N)ccc1OCC(=O)N(CCC#N)c1ccc(C)c(C)c1. The van der Waals surface area contributed by atoms with Crippen molar-refractivity contribution in [1.82, 2.24) is 0 Å². The fourth-order valence-corrected chi connectivity index (χ4v) is 2.53. The van der Waals surface area contributed by atoms with Crippen molar-refractivity contribution in [3.8, 4) is 23.6 Å². The number of hydrogen-bond donors (Lipinski definition) is 0. The molecule has 6 nitrogen and oxygen atoms in total. The van der Waals surface area contributed by atoms with Crippen molar-refractivity contribution >= 4 is 11.6 Å². The summed E-state index contributed by atoms with van der Waals surface area (Å²) in [6.07, 6.45) is 0.221. The van der Waals surface area contributed by atoms with Crippen molar-refractivity contribution in [2.24, 2.45) is 0 Å². The van der Waals surface area contributed by atoms with Crippen LogP contribution in [0.25, 0.3) is 0 Å². The van der Waals surface area contributed by atoms with Gasteiger partial charge in [-0.05, 0) is 49.2 Å². The maximum atomic E-state index is 12.7. The van der Waals surface area contributed by atoms with Gasteiger partial charge in [0.2, 0.25) is 0 Å². The molecule has 0 saturated carbocycles. The number of carbonyl (C=O) groups excluding carboxylic acids is 1. The normalized spacial score (nSPS) is 9.81. The van der Waals surface area contributed by atoms with E-state index in [0.29, 0.717) is 17.1 Å². The molecule has 0 fully saturated rings. The Bertz CT molecular complexity index is 910. The average molecular weight is 363 g/mol. The number of benzene rings is 2. The Morgan fingerprint density at radius 2 is 1.85 bits per heavy atom. The number of rotatable bonds is 7. The molecule has 0 radical (unpaired) electrons. The second-order valence-corrected chi connectivity index (χ2v) is 5.99. The molecule has 2 aromatic carbocycles. The van der Waals surface area contributed by atoms with E-state index in [1.807, 2.05) is 38.1 Å². The van der Waals surface area contributed by atoms with Crippen LogP contribution in [0.15, 0.2) is 36.4 Å². The zero-order valence-electron chi connectivity index (χ0n) is 15.7. The number of anilines is 1. The van der Waals surface area contributed by atoms with Crippen LogP contribution in [0.4, 0.5) is 5.69 Å². The highest BCUT2D eigenvalue weighted by atomic mass is 16.5. The minimum Gasteiger partial charge on any atom is -0.493 e. The van der Waals surface area contributed by atoms with Crippen molar-refractivity contribution in [3.05, 3.63) is 53.1 Å². The largest absolute Gasteiger partial charge is 0.493 e. The summed E-state index contributed by atoms with van der Waals surface area (Å²) in [5.74, 6) is 0.502. The van der Waals surface area contributed by atoms with Gasteiger partial charge in [0.25, 0.3) is 5.91 Å². The van der Waals surface area contributed by atoms with E-state index in [4.69, 9.17) is 20.0 Å². The Morgan fingerprint density at radius 1 is 1.07 bits per heavy atom. The van der Waals surface area contributed by atoms with E-state index in [-0.39, 0.29) is 25.5 Å². The van der Waals surface area contributed by atoms with Gasteiger partial charge in [-0.25, -0.2) is 0 Å². The molecule has 0 bridgehead atoms. The minimum atomic E-state index is -0.264. The van der Waals surface area contributed by atoms with Crippen LogP contribution < -0.4 is 14.4 Å². The second-order valence-electron chi connectivity index (χ2n) is 5.99. The molecule has 0 aliphatic carbocycles. The Labute approximate surface area is 159 Å². The molecule has 2 rings (SSSR count). The third-order valence-electron chi connectivity index (χ3n) is 4.19. The third kappa shape index (κ3) is 4.99. The van der Waals surface area contributed by atoms with E-state index in [0.717, 1.165) is 16.8 Å². The van der Waals surface area contributed by atoms with Crippen LogP contribution in [-0.4, -0.2) is 26.2 Å². The van der Waals surface area contributed by atoms with Crippen LogP contribution >= 0.6 is 0 Å². The highest BCUT2D eigenvalue weighted by Crippen LogP contribution is 2.28. The molecule has 6 heteroatoms. The van der Waals surface area contributed by atoms with E-state index in [1.54, 1.807) is 23.1 Å². The van der Waals surface area contributed by atoms with Crippen molar-refractivity contribution in [3.63, 3.8) is 0 Å². The van der Waals surface area contributed by atoms with E-state index in [2.05, 4.69) is 6.07 Å². The molecule has 0 N–H and O–H groups in total. The summed E-state index contributed by atoms with van der Waals surface area (Å²) in [5.41, 5.74) is 3.37. The van der Waals surface area contributed by atoms with Crippen molar-refractivity contribution in [2.75, 3.05) is 25.2 Å². The molecule has 2 aromatic rings. The van der Waals surface area contributed by atoms with E-state index < -0.39 is 0 Å². The molecule has 0 unspecified atom stereocenters. The number of carbonyl (C=O) groups is 1. The molecule has 0 aliphatic rings. The maximum absolute atomic E-state index is 12.7. The molecule has 0 saturated heterocycles. The number of nitriles is 2. The van der Waals surface area contributed by atoms with Crippen molar-refractivity contribution < 1.29 is 14.3 Å². The summed E-state index contributed by atoms with van der Waals surface area (Å²) >= 11 is 0. The summed E-state index contributed by atoms with van der Waals surface area (Å²) in [4.78, 5) is 14.3. The van der Waals surface area contributed by atoms with Gasteiger partial charge in [0.15, 0.2) is 18.1 Å². The molecule has 0 atom stereocenters. The first-order valence-corrected chi connectivity index (χ1v) is 8.45. The van der Waals surface area contributed by atoms with Gasteiger partial charge < -0.3 is 14.4 Å². The number of nitrogens with zero attached hydrogens (tertiary/aromatic N) is 3. The lowest BCUT2D eigenvalue weighted by atomic mass is 10.1. The van der Waals surface area contributed by atoms with Crippen LogP contribution in [0.1, 0.15) is 23.1 Å². The van der Waals surface area contributed by atoms with E-state index in [9.17, 15) is 4.79 Å². The molecule has 27 heavy (non-hydrogen) atoms. The predicted molar refractivity (Wildman–Crippen MR) is 102 cm³/mol. The van der Waals surface area contributed by atoms with Gasteiger partial charge in [-0.15, -0.1) is 0 Å². The predicted octanol–water partition coefficient (Wildman–Crippen LogP) is 3.51. The molecular weight excluding hydrogens is 342 g/mol. The lowest BCUT2D eigenvalue weighted by Crippen LogP contribution is -2.35. The van der Waals surface area contributed by atoms with Crippen molar-refractivity contribution in [1.29, 1.82) is 10.5 Å². The molecule has 0 aromatic heterocycles. The first-order chi connectivity index (χ1) is 13.0. The third-order valence-corrected chi connectivity index (χ3v) is 4.19. The first kappa shape index (κ1) is 19.8. The van der Waals surface area contributed by atoms with Crippen LogP contribution in [-0.2, 0) is 4.79 Å². The minimum absolute atomic E-state index is 0.208. The first-order valence-electron chi connectivity index (χ1n) is 8.45. The Balaban J connectivity index is 2.18. The van der Waals surface area contributed by atoms with Gasteiger partial charge in [0.05, 0.1) is 31.2 Å². The standard InChI is InChI=1S/C21H21N3O3/c1-15-5-7-18(11-16(15)2)24(10-4-9-22)21(25)14-27-19-8-6-17(13-23)12-20(19)26-3/h5-8,11-12H,4,10,14H2,1-3H3. The zero-order chi connectivity index (χ0) is 19.8. The van der Waals surface area contributed by atoms with Crippen LogP contribution in [0, 0.1) is 36.5 Å². The number of amides is 1. The van der Waals surface area contributed by atoms with Gasteiger partial charge in [0, 0.05) is 18.3 Å². The van der Waals surface area contributed by atoms with Gasteiger partial charge in [-0.3, -0.25) is 4.79 Å². The monoisotopic (exact) mass is 363 g/mol. The van der Waals surface area contributed by atoms with Gasteiger partial charge >= 0.3 is 0 Å². The Morgan fingerprint density at radius 3 is 2.48 bits per heavy atom. The van der Waals surface area contributed by atoms with Crippen LogP contribution in [0.2, 0.25) is 0 Å². The van der Waals surface area contributed by atoms with Crippen LogP contribution in [0.3, 0.4) is 0 Å². The molecule has 0 heterocycles. The fourth-order valence-electron chi connectivity index (χ4n) is 2.53. The van der Waals surface area contributed by atoms with Crippen molar-refractivity contribution in [2.45, 2.75) is 20.3 Å². The number of aryl methyl sites for hydroxylation is 2. The smallest absolute Gasteiger partial charge is 0.264 e. The van der Waals surface area contributed by atoms with E-state index >= 15 is 0 Å². The molecule has 138 valence electrons. The van der Waals surface area contributed by atoms with Gasteiger partial charge in [-0.1, -0.05) is 6.07 Å². The topological polar surface area (TPSA) is 86.3 Å². The fraction of sp³-hybridized carbons (Fsp3) is 0.286. The summed E-state index contributed by atoms with van der Waals surface area (Å²) in [6.45, 7) is 4.05. The number of hydrogen-bond acceptors (Lipinski definition) is 5. The summed E-state index contributed by atoms with van der Waals surface area (Å²) in [5, 5.41) is 17.9. The Hall–Kier alpha value is -3.51. The zero-order valence-corrected chi connectivity index (χ0v) is 15.7. The molecule has 0 aliphatic heterocycles. The summed E-state index contributed by atoms with van der Waals surface area (Å²) in [7, 11) is 1.47. The highest BCUT2D eigenvalue weighted by Gasteiger charge is 2.18. The summed E-state index contributed by atoms with van der Waals surface area (Å²) in [6, 6.07) is 14.6. The lowest BCUT2D eigenvalue weighted by molar-refractivity contribution is -0.120.